The molecule has 0 fully saturated rings. The van der Waals surface area contributed by atoms with E-state index in [-0.39, 0.29) is 17.6 Å². The fourth-order valence-corrected chi connectivity index (χ4v) is 5.76. The number of methoxy groups -OCH3 is 1. The fourth-order valence-electron chi connectivity index (χ4n) is 3.48. The molecule has 1 amide bonds. The Labute approximate surface area is 173 Å². The van der Waals surface area contributed by atoms with Gasteiger partial charge in [-0.25, -0.2) is 14.8 Å². The summed E-state index contributed by atoms with van der Waals surface area (Å²) in [5.41, 5.74) is 1.36. The number of aromatic nitrogens is 2. The number of hydrogen-bond donors (Lipinski definition) is 1. The van der Waals surface area contributed by atoms with Gasteiger partial charge in [-0.2, -0.15) is 0 Å². The number of hydrogen-bond acceptors (Lipinski definition) is 7. The van der Waals surface area contributed by atoms with Crippen molar-refractivity contribution in [1.82, 2.24) is 15.3 Å². The van der Waals surface area contributed by atoms with Crippen LogP contribution in [0.15, 0.2) is 5.03 Å². The highest BCUT2D eigenvalue weighted by Gasteiger charge is 2.27. The molecule has 8 heteroatoms. The van der Waals surface area contributed by atoms with Crippen LogP contribution in [0.2, 0.25) is 0 Å². The maximum Gasteiger partial charge on any atom is 0.328 e. The van der Waals surface area contributed by atoms with E-state index in [1.807, 2.05) is 20.8 Å². The third-order valence-electron chi connectivity index (χ3n) is 5.22. The van der Waals surface area contributed by atoms with Crippen molar-refractivity contribution in [2.24, 2.45) is 5.92 Å². The van der Waals surface area contributed by atoms with Gasteiger partial charge in [0.1, 0.15) is 21.7 Å². The molecule has 28 heavy (non-hydrogen) atoms. The molecule has 0 spiro atoms. The van der Waals surface area contributed by atoms with Gasteiger partial charge in [0.05, 0.1) is 12.9 Å². The predicted molar refractivity (Wildman–Crippen MR) is 113 cm³/mol. The van der Waals surface area contributed by atoms with Crippen LogP contribution < -0.4 is 5.32 Å². The molecular formula is C20H27N3O3S2. The van der Waals surface area contributed by atoms with Crippen molar-refractivity contribution in [3.8, 4) is 0 Å². The molecule has 2 heterocycles. The lowest BCUT2D eigenvalue weighted by Gasteiger charge is -2.21. The predicted octanol–water partition coefficient (Wildman–Crippen LogP) is 3.67. The van der Waals surface area contributed by atoms with E-state index >= 15 is 0 Å². The molecule has 2 aromatic heterocycles. The van der Waals surface area contributed by atoms with E-state index < -0.39 is 12.0 Å². The lowest BCUT2D eigenvalue weighted by molar-refractivity contribution is -0.146. The smallest absolute Gasteiger partial charge is 0.328 e. The second kappa shape index (κ2) is 9.22. The van der Waals surface area contributed by atoms with Crippen molar-refractivity contribution >= 4 is 45.2 Å². The number of nitrogens with zero attached hydrogens (tertiary/aromatic N) is 2. The normalized spacial score (nSPS) is 15.7. The molecule has 6 nitrogen and oxygen atoms in total. The summed E-state index contributed by atoms with van der Waals surface area (Å²) in [6.45, 7) is 5.81. The molecule has 1 aliphatic rings. The number of thiophene rings is 1. The number of aryl methyl sites for hydroxylation is 3. The Bertz CT molecular complexity index is 881. The molecular weight excluding hydrogens is 394 g/mol. The molecule has 0 aromatic carbocycles. The van der Waals surface area contributed by atoms with Gasteiger partial charge in [0, 0.05) is 10.3 Å². The quantitative estimate of drug-likeness (QED) is 0.417. The highest BCUT2D eigenvalue weighted by molar-refractivity contribution is 8.00. The molecule has 0 saturated heterocycles. The second-order valence-electron chi connectivity index (χ2n) is 7.21. The molecule has 1 aliphatic carbocycles. The summed E-state index contributed by atoms with van der Waals surface area (Å²) in [5.74, 6) is 0.355. The Morgan fingerprint density at radius 1 is 1.29 bits per heavy atom. The van der Waals surface area contributed by atoms with Gasteiger partial charge in [-0.05, 0) is 44.1 Å². The van der Waals surface area contributed by atoms with Crippen LogP contribution in [0.3, 0.4) is 0 Å². The van der Waals surface area contributed by atoms with E-state index in [2.05, 4.69) is 15.3 Å². The van der Waals surface area contributed by atoms with Crippen LogP contribution >= 0.6 is 23.1 Å². The number of esters is 1. The van der Waals surface area contributed by atoms with Crippen molar-refractivity contribution in [3.63, 3.8) is 0 Å². The van der Waals surface area contributed by atoms with Crippen molar-refractivity contribution < 1.29 is 14.3 Å². The van der Waals surface area contributed by atoms with Gasteiger partial charge >= 0.3 is 5.97 Å². The van der Waals surface area contributed by atoms with Gasteiger partial charge < -0.3 is 10.1 Å². The average Bonchev–Trinajstić information content (AvgIpc) is 3.07. The number of carbonyl (C=O) groups is 2. The average molecular weight is 422 g/mol. The van der Waals surface area contributed by atoms with Crippen molar-refractivity contribution in [3.05, 3.63) is 16.3 Å². The zero-order chi connectivity index (χ0) is 20.3. The number of rotatable bonds is 7. The first-order valence-electron chi connectivity index (χ1n) is 9.73. The standard InChI is InChI=1S/C20H27N3O3S2/c1-5-11(2)17(20(25)26-4)23-15(24)10-27-18-16-13-8-6-7-9-14(13)28-19(16)22-12(3)21-18/h11,17H,5-10H2,1-4H3,(H,23,24)/t11-,17-/m1/s1. The maximum absolute atomic E-state index is 12.5. The molecule has 0 aliphatic heterocycles. The number of fused-ring (bicyclic) bond motifs is 3. The molecule has 3 rings (SSSR count). The first-order chi connectivity index (χ1) is 13.4. The van der Waals surface area contributed by atoms with Crippen molar-refractivity contribution in [2.45, 2.75) is 63.9 Å². The van der Waals surface area contributed by atoms with Crippen molar-refractivity contribution in [2.75, 3.05) is 12.9 Å². The largest absolute Gasteiger partial charge is 0.467 e. The van der Waals surface area contributed by atoms with Gasteiger partial charge in [-0.1, -0.05) is 32.0 Å². The summed E-state index contributed by atoms with van der Waals surface area (Å²) < 4.78 is 4.84. The first kappa shape index (κ1) is 21.0. The van der Waals surface area contributed by atoms with Gasteiger partial charge in [-0.3, -0.25) is 4.79 Å². The Hall–Kier alpha value is -1.67. The minimum absolute atomic E-state index is 0.0123. The third kappa shape index (κ3) is 4.49. The number of amides is 1. The molecule has 0 unspecified atom stereocenters. The Balaban J connectivity index is 1.76. The molecule has 2 atom stereocenters. The Morgan fingerprint density at radius 2 is 2.04 bits per heavy atom. The summed E-state index contributed by atoms with van der Waals surface area (Å²) in [4.78, 5) is 36.2. The number of ether oxygens (including phenoxy) is 1. The zero-order valence-corrected chi connectivity index (χ0v) is 18.5. The van der Waals surface area contributed by atoms with E-state index in [0.29, 0.717) is 0 Å². The van der Waals surface area contributed by atoms with Gasteiger partial charge in [0.25, 0.3) is 0 Å². The summed E-state index contributed by atoms with van der Waals surface area (Å²) in [7, 11) is 1.35. The second-order valence-corrected chi connectivity index (χ2v) is 9.26. The monoisotopic (exact) mass is 421 g/mol. The molecule has 0 radical (unpaired) electrons. The summed E-state index contributed by atoms with van der Waals surface area (Å²) >= 11 is 3.18. The fraction of sp³-hybridized carbons (Fsp3) is 0.600. The number of nitrogens with one attached hydrogen (secondary N) is 1. The van der Waals surface area contributed by atoms with Crippen LogP contribution in [0, 0.1) is 12.8 Å². The van der Waals surface area contributed by atoms with E-state index in [9.17, 15) is 9.59 Å². The highest BCUT2D eigenvalue weighted by atomic mass is 32.2. The third-order valence-corrected chi connectivity index (χ3v) is 7.38. The lowest BCUT2D eigenvalue weighted by Crippen LogP contribution is -2.46. The van der Waals surface area contributed by atoms with Crippen LogP contribution in [-0.2, 0) is 27.2 Å². The minimum atomic E-state index is -0.621. The minimum Gasteiger partial charge on any atom is -0.467 e. The first-order valence-corrected chi connectivity index (χ1v) is 11.5. The summed E-state index contributed by atoms with van der Waals surface area (Å²) in [6.07, 6.45) is 5.35. The SMILES string of the molecule is CC[C@@H](C)[C@@H](NC(=O)CSc1nc(C)nc2sc3c(c12)CCCC3)C(=O)OC. The van der Waals surface area contributed by atoms with Crippen LogP contribution in [0.1, 0.15) is 49.4 Å². The molecule has 2 aromatic rings. The number of thioether (sulfide) groups is 1. The van der Waals surface area contributed by atoms with E-state index in [4.69, 9.17) is 4.74 Å². The Morgan fingerprint density at radius 3 is 2.75 bits per heavy atom. The molecule has 0 bridgehead atoms. The molecule has 152 valence electrons. The maximum atomic E-state index is 12.5. The van der Waals surface area contributed by atoms with E-state index in [0.717, 1.165) is 40.3 Å². The Kier molecular flexibility index (Phi) is 6.93. The van der Waals surface area contributed by atoms with Gasteiger partial charge in [0.15, 0.2) is 0 Å². The highest BCUT2D eigenvalue weighted by Crippen LogP contribution is 2.39. The van der Waals surface area contributed by atoms with Gasteiger partial charge in [-0.15, -0.1) is 11.3 Å². The topological polar surface area (TPSA) is 81.2 Å². The number of carbonyl (C=O) groups excluding carboxylic acids is 2. The van der Waals surface area contributed by atoms with Crippen LogP contribution in [0.25, 0.3) is 10.2 Å². The van der Waals surface area contributed by atoms with Gasteiger partial charge in [0.2, 0.25) is 5.91 Å². The zero-order valence-electron chi connectivity index (χ0n) is 16.8. The summed E-state index contributed by atoms with van der Waals surface area (Å²) in [5, 5.41) is 4.82. The summed E-state index contributed by atoms with van der Waals surface area (Å²) in [6, 6.07) is -0.621. The van der Waals surface area contributed by atoms with E-state index in [1.54, 1.807) is 11.3 Å². The molecule has 0 saturated carbocycles. The lowest BCUT2D eigenvalue weighted by atomic mass is 9.97. The van der Waals surface area contributed by atoms with Crippen LogP contribution in [0.5, 0.6) is 0 Å². The van der Waals surface area contributed by atoms with Crippen LogP contribution in [0.4, 0.5) is 0 Å². The van der Waals surface area contributed by atoms with Crippen LogP contribution in [-0.4, -0.2) is 40.7 Å². The van der Waals surface area contributed by atoms with Crippen molar-refractivity contribution in [1.29, 1.82) is 0 Å². The molecule has 1 N–H and O–H groups in total. The van der Waals surface area contributed by atoms with E-state index in [1.165, 1.54) is 42.2 Å².